The summed E-state index contributed by atoms with van der Waals surface area (Å²) in [6.07, 6.45) is 3.88. The number of benzene rings is 3. The lowest BCUT2D eigenvalue weighted by molar-refractivity contribution is 0.0697. The van der Waals surface area contributed by atoms with Gasteiger partial charge in [0.05, 0.1) is 16.9 Å². The van der Waals surface area contributed by atoms with Gasteiger partial charge in [-0.05, 0) is 48.0 Å². The van der Waals surface area contributed by atoms with Crippen LogP contribution in [0.5, 0.6) is 0 Å². The number of anilines is 2. The van der Waals surface area contributed by atoms with Gasteiger partial charge < -0.3 is 5.11 Å². The molecule has 0 amide bonds. The maximum atomic E-state index is 11.1. The Balaban J connectivity index is 0.00000240. The van der Waals surface area contributed by atoms with Gasteiger partial charge in [0, 0.05) is 0 Å². The molecule has 0 aromatic heterocycles. The Morgan fingerprint density at radius 2 is 1.45 bits per heavy atom. The normalized spacial score (nSPS) is 13.0. The van der Waals surface area contributed by atoms with Crippen LogP contribution in [-0.4, -0.2) is 16.9 Å². The molecule has 0 atom stereocenters. The second-order valence-corrected chi connectivity index (χ2v) is 6.13. The highest BCUT2D eigenvalue weighted by Gasteiger charge is 2.24. The molecule has 146 valence electrons. The van der Waals surface area contributed by atoms with E-state index < -0.39 is 5.97 Å². The second kappa shape index (κ2) is 8.95. The van der Waals surface area contributed by atoms with Crippen LogP contribution in [0.3, 0.4) is 0 Å². The van der Waals surface area contributed by atoms with Crippen molar-refractivity contribution in [1.82, 2.24) is 5.43 Å². The fraction of sp³-hybridized carbons (Fsp3) is 0. The van der Waals surface area contributed by atoms with Crippen molar-refractivity contribution in [3.8, 4) is 0 Å². The van der Waals surface area contributed by atoms with Crippen molar-refractivity contribution in [3.63, 3.8) is 0 Å². The minimum atomic E-state index is -0.955. The van der Waals surface area contributed by atoms with E-state index in [-0.39, 0.29) is 18.0 Å². The first kappa shape index (κ1) is 20.0. The maximum Gasteiger partial charge on any atom is 0.335 e. The van der Waals surface area contributed by atoms with Crippen molar-refractivity contribution in [1.29, 1.82) is 0 Å². The molecule has 0 bridgehead atoms. The summed E-state index contributed by atoms with van der Waals surface area (Å²) < 4.78 is 0. The highest BCUT2D eigenvalue weighted by molar-refractivity contribution is 6.00. The summed E-state index contributed by atoms with van der Waals surface area (Å²) in [6.45, 7) is 0. The van der Waals surface area contributed by atoms with E-state index in [4.69, 9.17) is 5.11 Å². The predicted molar refractivity (Wildman–Crippen MR) is 118 cm³/mol. The molecule has 1 aliphatic heterocycles. The van der Waals surface area contributed by atoms with Crippen molar-refractivity contribution in [2.24, 2.45) is 5.10 Å². The van der Waals surface area contributed by atoms with E-state index in [0.717, 1.165) is 16.9 Å². The third-order valence-electron chi connectivity index (χ3n) is 4.19. The van der Waals surface area contributed by atoms with Crippen LogP contribution in [0.2, 0.25) is 0 Å². The average molecular weight is 407 g/mol. The smallest absolute Gasteiger partial charge is 0.335 e. The molecule has 2 N–H and O–H groups in total. The number of rotatable bonds is 5. The molecule has 0 unspecified atom stereocenters. The van der Waals surface area contributed by atoms with Gasteiger partial charge in [-0.25, -0.2) is 4.79 Å². The number of halogens is 1. The Morgan fingerprint density at radius 3 is 2.07 bits per heavy atom. The maximum absolute atomic E-state index is 11.1. The number of carbonyl (C=O) groups is 1. The number of hydrogen-bond acceptors (Lipinski definition) is 5. The molecular weight excluding hydrogens is 388 g/mol. The van der Waals surface area contributed by atoms with Crippen LogP contribution >= 0.6 is 12.4 Å². The number of aromatic carboxylic acids is 1. The molecule has 3 aromatic rings. The van der Waals surface area contributed by atoms with Crippen LogP contribution in [-0.2, 0) is 0 Å². The summed E-state index contributed by atoms with van der Waals surface area (Å²) in [4.78, 5) is 11.1. The van der Waals surface area contributed by atoms with Crippen molar-refractivity contribution >= 4 is 41.7 Å². The van der Waals surface area contributed by atoms with Gasteiger partial charge in [-0.2, -0.15) is 10.2 Å². The summed E-state index contributed by atoms with van der Waals surface area (Å²) in [5, 5.41) is 17.3. The molecule has 4 rings (SSSR count). The molecular formula is C22H19ClN4O2. The highest BCUT2D eigenvalue weighted by atomic mass is 35.5. The Morgan fingerprint density at radius 1 is 0.828 bits per heavy atom. The Kier molecular flexibility index (Phi) is 6.16. The molecule has 7 heteroatoms. The molecule has 1 aliphatic rings. The summed E-state index contributed by atoms with van der Waals surface area (Å²) in [5.41, 5.74) is 6.20. The van der Waals surface area contributed by atoms with Gasteiger partial charge in [0.1, 0.15) is 0 Å². The van der Waals surface area contributed by atoms with E-state index in [1.54, 1.807) is 34.5 Å². The second-order valence-electron chi connectivity index (χ2n) is 6.13. The molecule has 0 spiro atoms. The number of para-hydroxylation sites is 1. The number of carboxylic acids is 1. The van der Waals surface area contributed by atoms with Gasteiger partial charge >= 0.3 is 5.97 Å². The lowest BCUT2D eigenvalue weighted by Gasteiger charge is -2.27. The molecule has 6 nitrogen and oxygen atoms in total. The summed E-state index contributed by atoms with van der Waals surface area (Å²) in [6, 6.07) is 26.3. The molecule has 0 saturated heterocycles. The van der Waals surface area contributed by atoms with E-state index in [2.05, 4.69) is 10.5 Å². The molecule has 0 aliphatic carbocycles. The zero-order chi connectivity index (χ0) is 19.3. The third-order valence-corrected chi connectivity index (χ3v) is 4.19. The molecule has 3 aromatic carbocycles. The van der Waals surface area contributed by atoms with Gasteiger partial charge in [-0.3, -0.25) is 5.43 Å². The highest BCUT2D eigenvalue weighted by Crippen LogP contribution is 2.25. The Hall–Kier alpha value is -3.77. The monoisotopic (exact) mass is 406 g/mol. The lowest BCUT2D eigenvalue weighted by Crippen LogP contribution is -2.44. The molecule has 29 heavy (non-hydrogen) atoms. The van der Waals surface area contributed by atoms with Crippen LogP contribution < -0.4 is 15.7 Å². The van der Waals surface area contributed by atoms with Crippen molar-refractivity contribution in [3.05, 3.63) is 102 Å². The summed E-state index contributed by atoms with van der Waals surface area (Å²) >= 11 is 0. The number of hydrazone groups is 1. The van der Waals surface area contributed by atoms with Gasteiger partial charge in [-0.1, -0.05) is 54.6 Å². The summed E-state index contributed by atoms with van der Waals surface area (Å²) in [7, 11) is 0. The fourth-order valence-electron chi connectivity index (χ4n) is 2.79. The SMILES string of the molecule is Cl.O=C(O)c1ccc(N2NC(C=Cc3ccccc3)=NN2c2ccccc2)cc1. The van der Waals surface area contributed by atoms with Crippen LogP contribution in [0, 0.1) is 0 Å². The van der Waals surface area contributed by atoms with E-state index >= 15 is 0 Å². The zero-order valence-corrected chi connectivity index (χ0v) is 16.2. The number of nitrogens with one attached hydrogen (secondary N) is 1. The molecule has 0 saturated carbocycles. The van der Waals surface area contributed by atoms with Crippen molar-refractivity contribution in [2.75, 3.05) is 10.2 Å². The zero-order valence-electron chi connectivity index (χ0n) is 15.3. The number of hydrazine groups is 2. The van der Waals surface area contributed by atoms with E-state index in [0.29, 0.717) is 5.84 Å². The standard InChI is InChI=1S/C22H18N4O2.ClH/c27-22(28)18-12-14-20(15-13-18)26-24-21(16-11-17-7-3-1-4-8-17)23-25(26)19-9-5-2-6-10-19;/h1-16H,(H,23,24)(H,27,28);1H. The third kappa shape index (κ3) is 4.56. The molecule has 0 fully saturated rings. The quantitative estimate of drug-likeness (QED) is 0.649. The van der Waals surface area contributed by atoms with Gasteiger partial charge in [-0.15, -0.1) is 17.5 Å². The molecule has 0 radical (unpaired) electrons. The first-order valence-corrected chi connectivity index (χ1v) is 8.78. The lowest BCUT2D eigenvalue weighted by atomic mass is 10.2. The predicted octanol–water partition coefficient (Wildman–Crippen LogP) is 4.58. The largest absolute Gasteiger partial charge is 0.478 e. The topological polar surface area (TPSA) is 68.2 Å². The van der Waals surface area contributed by atoms with E-state index in [9.17, 15) is 4.79 Å². The van der Waals surface area contributed by atoms with Crippen LogP contribution in [0.4, 0.5) is 11.4 Å². The number of nitrogens with zero attached hydrogens (tertiary/aromatic N) is 3. The molecule has 1 heterocycles. The summed E-state index contributed by atoms with van der Waals surface area (Å²) in [5.74, 6) is -0.293. The van der Waals surface area contributed by atoms with Gasteiger partial charge in [0.25, 0.3) is 0 Å². The minimum absolute atomic E-state index is 0. The van der Waals surface area contributed by atoms with Crippen LogP contribution in [0.15, 0.2) is 96.1 Å². The van der Waals surface area contributed by atoms with Crippen molar-refractivity contribution in [2.45, 2.75) is 0 Å². The average Bonchev–Trinajstić information content (AvgIpc) is 3.18. The van der Waals surface area contributed by atoms with Crippen LogP contribution in [0.25, 0.3) is 6.08 Å². The Labute approximate surface area is 174 Å². The van der Waals surface area contributed by atoms with Gasteiger partial charge in [0.2, 0.25) is 0 Å². The first-order chi connectivity index (χ1) is 13.7. The van der Waals surface area contributed by atoms with E-state index in [1.165, 1.54) is 0 Å². The first-order valence-electron chi connectivity index (χ1n) is 8.78. The number of carboxylic acid groups (broad SMARTS) is 1. The fourth-order valence-corrected chi connectivity index (χ4v) is 2.79. The van der Waals surface area contributed by atoms with E-state index in [1.807, 2.05) is 72.8 Å². The number of amidine groups is 1. The number of hydrogen-bond donors (Lipinski definition) is 2. The minimum Gasteiger partial charge on any atom is -0.478 e. The van der Waals surface area contributed by atoms with Crippen LogP contribution in [0.1, 0.15) is 15.9 Å². The van der Waals surface area contributed by atoms with Crippen molar-refractivity contribution < 1.29 is 9.90 Å². The Bertz CT molecular complexity index is 1020. The van der Waals surface area contributed by atoms with Gasteiger partial charge in [0.15, 0.2) is 5.84 Å².